The first-order chi connectivity index (χ1) is 15.4. The molecule has 0 saturated heterocycles. The second kappa shape index (κ2) is 7.46. The number of pyridine rings is 2. The van der Waals surface area contributed by atoms with Crippen LogP contribution in [0.4, 0.5) is 10.1 Å². The number of anilines is 1. The molecule has 0 aliphatic rings. The van der Waals surface area contributed by atoms with E-state index < -0.39 is 5.82 Å². The van der Waals surface area contributed by atoms with E-state index in [-0.39, 0.29) is 11.3 Å². The number of fused-ring (bicyclic) bond motifs is 2. The number of nitrogens with zero attached hydrogens (tertiary/aromatic N) is 4. The fraction of sp³-hybridized carbons (Fsp3) is 0.125. The molecule has 0 atom stereocenters. The van der Waals surface area contributed by atoms with Crippen LogP contribution in [0.25, 0.3) is 38.8 Å². The van der Waals surface area contributed by atoms with Gasteiger partial charge in [-0.3, -0.25) is 14.0 Å². The van der Waals surface area contributed by atoms with Gasteiger partial charge in [0, 0.05) is 36.1 Å². The number of aromatic nitrogens is 4. The van der Waals surface area contributed by atoms with Crippen molar-refractivity contribution in [1.29, 1.82) is 0 Å². The van der Waals surface area contributed by atoms with E-state index in [0.717, 1.165) is 10.9 Å². The molecule has 0 bridgehead atoms. The molecule has 32 heavy (non-hydrogen) atoms. The van der Waals surface area contributed by atoms with Crippen molar-refractivity contribution in [3.05, 3.63) is 81.6 Å². The summed E-state index contributed by atoms with van der Waals surface area (Å²) in [5.41, 5.74) is 3.36. The highest BCUT2D eigenvalue weighted by molar-refractivity contribution is 6.30. The first-order valence-electron chi connectivity index (χ1n) is 10.0. The second-order valence-corrected chi connectivity index (χ2v) is 8.06. The molecule has 0 amide bonds. The summed E-state index contributed by atoms with van der Waals surface area (Å²) in [6.07, 6.45) is 1.89. The Bertz CT molecular complexity index is 1570. The molecular weight excluding hydrogens is 429 g/mol. The van der Waals surface area contributed by atoms with E-state index in [2.05, 4.69) is 15.4 Å². The van der Waals surface area contributed by atoms with Gasteiger partial charge in [0.05, 0.1) is 28.1 Å². The normalized spacial score (nSPS) is 11.4. The van der Waals surface area contributed by atoms with Gasteiger partial charge in [0.1, 0.15) is 11.5 Å². The van der Waals surface area contributed by atoms with Crippen LogP contribution in [0.15, 0.2) is 59.5 Å². The maximum atomic E-state index is 14.6. The zero-order valence-corrected chi connectivity index (χ0v) is 18.4. The lowest BCUT2D eigenvalue weighted by Crippen LogP contribution is -2.23. The number of benzene rings is 2. The topological polar surface area (TPSA) is 64.7 Å². The predicted octanol–water partition coefficient (Wildman–Crippen LogP) is 5.08. The van der Waals surface area contributed by atoms with Crippen LogP contribution >= 0.6 is 11.6 Å². The summed E-state index contributed by atoms with van der Waals surface area (Å²) in [5, 5.41) is 9.46. The summed E-state index contributed by atoms with van der Waals surface area (Å²) in [6.45, 7) is 1.58. The molecule has 0 unspecified atom stereocenters. The number of rotatable bonds is 3. The molecule has 5 aromatic rings. The largest absolute Gasteiger partial charge is 0.387 e. The van der Waals surface area contributed by atoms with Crippen LogP contribution in [0.3, 0.4) is 0 Å². The Labute approximate surface area is 187 Å². The molecule has 0 spiro atoms. The molecule has 3 aromatic heterocycles. The van der Waals surface area contributed by atoms with Gasteiger partial charge in [0.15, 0.2) is 0 Å². The first-order valence-corrected chi connectivity index (χ1v) is 10.4. The van der Waals surface area contributed by atoms with Gasteiger partial charge in [0.25, 0.3) is 5.56 Å². The lowest BCUT2D eigenvalue weighted by Gasteiger charge is -2.18. The minimum Gasteiger partial charge on any atom is -0.387 e. The number of hydrogen-bond donors (Lipinski definition) is 1. The second-order valence-electron chi connectivity index (χ2n) is 7.62. The predicted molar refractivity (Wildman–Crippen MR) is 126 cm³/mol. The summed E-state index contributed by atoms with van der Waals surface area (Å²) < 4.78 is 17.8. The molecule has 0 aliphatic carbocycles. The van der Waals surface area contributed by atoms with Crippen LogP contribution < -0.4 is 10.9 Å². The first kappa shape index (κ1) is 20.2. The lowest BCUT2D eigenvalue weighted by atomic mass is 10.0. The van der Waals surface area contributed by atoms with Gasteiger partial charge >= 0.3 is 0 Å². The Morgan fingerprint density at radius 3 is 2.56 bits per heavy atom. The fourth-order valence-corrected chi connectivity index (χ4v) is 4.16. The van der Waals surface area contributed by atoms with E-state index in [0.29, 0.717) is 38.6 Å². The molecule has 3 heterocycles. The molecule has 8 heteroatoms. The zero-order valence-electron chi connectivity index (χ0n) is 17.6. The number of nitrogens with one attached hydrogen (secondary N) is 1. The Morgan fingerprint density at radius 2 is 1.84 bits per heavy atom. The standard InChI is InChI=1S/C24H19ClFN5O/c1-13-19(26)11-18-22(27-2)21(14-4-9-20-15(10-14)12-30(3)29-20)24(32)31(23(18)28-13)17-7-5-16(25)6-8-17/h4-12,27H,1-3H3. The molecule has 0 saturated carbocycles. The van der Waals surface area contributed by atoms with Crippen LogP contribution in [-0.4, -0.2) is 26.4 Å². The van der Waals surface area contributed by atoms with Gasteiger partial charge in [-0.1, -0.05) is 17.7 Å². The van der Waals surface area contributed by atoms with Crippen LogP contribution in [-0.2, 0) is 7.05 Å². The average Bonchev–Trinajstić information content (AvgIpc) is 3.14. The zero-order chi connectivity index (χ0) is 22.6. The summed E-state index contributed by atoms with van der Waals surface area (Å²) >= 11 is 6.06. The van der Waals surface area contributed by atoms with Crippen molar-refractivity contribution in [2.45, 2.75) is 6.92 Å². The molecule has 6 nitrogen and oxygen atoms in total. The molecule has 160 valence electrons. The van der Waals surface area contributed by atoms with E-state index in [9.17, 15) is 9.18 Å². The van der Waals surface area contributed by atoms with Gasteiger partial charge in [-0.15, -0.1) is 0 Å². The highest BCUT2D eigenvalue weighted by Crippen LogP contribution is 2.34. The quantitative estimate of drug-likeness (QED) is 0.419. The van der Waals surface area contributed by atoms with E-state index in [1.165, 1.54) is 10.6 Å². The molecule has 0 radical (unpaired) electrons. The van der Waals surface area contributed by atoms with Crippen molar-refractivity contribution >= 4 is 39.2 Å². The lowest BCUT2D eigenvalue weighted by molar-refractivity contribution is 0.612. The van der Waals surface area contributed by atoms with Crippen molar-refractivity contribution in [2.24, 2.45) is 7.05 Å². The van der Waals surface area contributed by atoms with Crippen molar-refractivity contribution in [1.82, 2.24) is 19.3 Å². The van der Waals surface area contributed by atoms with Crippen molar-refractivity contribution < 1.29 is 4.39 Å². The van der Waals surface area contributed by atoms with Crippen molar-refractivity contribution in [3.8, 4) is 16.8 Å². The van der Waals surface area contributed by atoms with Crippen molar-refractivity contribution in [2.75, 3.05) is 12.4 Å². The van der Waals surface area contributed by atoms with E-state index in [1.807, 2.05) is 31.4 Å². The maximum absolute atomic E-state index is 14.6. The molecule has 2 aromatic carbocycles. The molecule has 0 fully saturated rings. The highest BCUT2D eigenvalue weighted by atomic mass is 35.5. The maximum Gasteiger partial charge on any atom is 0.266 e. The van der Waals surface area contributed by atoms with Crippen LogP contribution in [0.2, 0.25) is 5.02 Å². The average molecular weight is 448 g/mol. The molecular formula is C24H19ClFN5O. The number of halogens is 2. The van der Waals surface area contributed by atoms with Crippen LogP contribution in [0, 0.1) is 12.7 Å². The number of aryl methyl sites for hydroxylation is 2. The minimum absolute atomic E-state index is 0.214. The monoisotopic (exact) mass is 447 g/mol. The Morgan fingerprint density at radius 1 is 1.09 bits per heavy atom. The van der Waals surface area contributed by atoms with Gasteiger partial charge in [-0.2, -0.15) is 5.10 Å². The van der Waals surface area contributed by atoms with Crippen LogP contribution in [0.5, 0.6) is 0 Å². The summed E-state index contributed by atoms with van der Waals surface area (Å²) in [4.78, 5) is 18.4. The van der Waals surface area contributed by atoms with E-state index in [4.69, 9.17) is 11.6 Å². The molecule has 0 aliphatic heterocycles. The van der Waals surface area contributed by atoms with Gasteiger partial charge < -0.3 is 5.32 Å². The third-order valence-corrected chi connectivity index (χ3v) is 5.77. The third kappa shape index (κ3) is 3.13. The van der Waals surface area contributed by atoms with E-state index in [1.54, 1.807) is 42.9 Å². The fourth-order valence-electron chi connectivity index (χ4n) is 4.03. The Hall–Kier alpha value is -3.71. The number of hydrogen-bond acceptors (Lipinski definition) is 4. The van der Waals surface area contributed by atoms with Gasteiger partial charge in [-0.05, 0) is 55.0 Å². The Kier molecular flexibility index (Phi) is 4.71. The molecule has 5 rings (SSSR count). The van der Waals surface area contributed by atoms with Crippen molar-refractivity contribution in [3.63, 3.8) is 0 Å². The molecule has 1 N–H and O–H groups in total. The van der Waals surface area contributed by atoms with E-state index >= 15 is 0 Å². The smallest absolute Gasteiger partial charge is 0.266 e. The minimum atomic E-state index is -0.441. The summed E-state index contributed by atoms with van der Waals surface area (Å²) in [7, 11) is 3.56. The van der Waals surface area contributed by atoms with Crippen LogP contribution in [0.1, 0.15) is 5.69 Å². The SMILES string of the molecule is CNc1c(-c2ccc3nn(C)cc3c2)c(=O)n(-c2ccc(Cl)cc2)c2nc(C)c(F)cc12. The highest BCUT2D eigenvalue weighted by Gasteiger charge is 2.21. The third-order valence-electron chi connectivity index (χ3n) is 5.52. The van der Waals surface area contributed by atoms with Gasteiger partial charge in [-0.25, -0.2) is 9.37 Å². The summed E-state index contributed by atoms with van der Waals surface area (Å²) in [5.74, 6) is -0.441. The summed E-state index contributed by atoms with van der Waals surface area (Å²) in [6, 6.07) is 14.0. The van der Waals surface area contributed by atoms with Gasteiger partial charge in [0.2, 0.25) is 0 Å². The Balaban J connectivity index is 1.94.